The third-order valence-electron chi connectivity index (χ3n) is 2.13. The van der Waals surface area contributed by atoms with E-state index < -0.39 is 0 Å². The van der Waals surface area contributed by atoms with E-state index in [-0.39, 0.29) is 11.3 Å². The molecule has 0 aliphatic carbocycles. The number of nitrogen functional groups attached to an aromatic ring is 1. The number of hydrogen-bond acceptors (Lipinski definition) is 2. The molecule has 1 aromatic carbocycles. The molecule has 1 rings (SSSR count). The molecule has 3 N–H and O–H groups in total. The summed E-state index contributed by atoms with van der Waals surface area (Å²) in [6, 6.07) is 7.42. The SMILES string of the molecule is CC(C)(C)CNC(=O)Cc1cccc(N)c1. The highest BCUT2D eigenvalue weighted by molar-refractivity contribution is 5.78. The van der Waals surface area contributed by atoms with Crippen molar-refractivity contribution in [2.75, 3.05) is 12.3 Å². The molecule has 3 nitrogen and oxygen atoms in total. The van der Waals surface area contributed by atoms with Crippen molar-refractivity contribution < 1.29 is 4.79 Å². The lowest BCUT2D eigenvalue weighted by Gasteiger charge is -2.18. The lowest BCUT2D eigenvalue weighted by Crippen LogP contribution is -2.33. The van der Waals surface area contributed by atoms with Crippen LogP contribution in [0.3, 0.4) is 0 Å². The molecule has 0 saturated carbocycles. The molecule has 0 atom stereocenters. The van der Waals surface area contributed by atoms with E-state index in [0.717, 1.165) is 5.56 Å². The highest BCUT2D eigenvalue weighted by atomic mass is 16.1. The van der Waals surface area contributed by atoms with Crippen molar-refractivity contribution in [3.63, 3.8) is 0 Å². The molecule has 0 spiro atoms. The Morgan fingerprint density at radius 2 is 2.06 bits per heavy atom. The predicted molar refractivity (Wildman–Crippen MR) is 67.0 cm³/mol. The van der Waals surface area contributed by atoms with E-state index >= 15 is 0 Å². The van der Waals surface area contributed by atoms with Crippen LogP contribution < -0.4 is 11.1 Å². The predicted octanol–water partition coefficient (Wildman–Crippen LogP) is 1.97. The minimum absolute atomic E-state index is 0.0422. The molecular formula is C13H20N2O. The Labute approximate surface area is 97.0 Å². The van der Waals surface area contributed by atoms with Gasteiger partial charge in [0.25, 0.3) is 0 Å². The molecule has 0 unspecified atom stereocenters. The highest BCUT2D eigenvalue weighted by Crippen LogP contribution is 2.11. The third kappa shape index (κ3) is 4.82. The zero-order valence-corrected chi connectivity index (χ0v) is 10.2. The van der Waals surface area contributed by atoms with Gasteiger partial charge in [-0.15, -0.1) is 0 Å². The van der Waals surface area contributed by atoms with Crippen LogP contribution >= 0.6 is 0 Å². The standard InChI is InChI=1S/C13H20N2O/c1-13(2,3)9-15-12(16)8-10-5-4-6-11(14)7-10/h4-7H,8-9,14H2,1-3H3,(H,15,16). The Hall–Kier alpha value is -1.51. The Kier molecular flexibility index (Phi) is 3.93. The van der Waals surface area contributed by atoms with Crippen LogP contribution in [-0.2, 0) is 11.2 Å². The number of benzene rings is 1. The van der Waals surface area contributed by atoms with Crippen molar-refractivity contribution in [3.05, 3.63) is 29.8 Å². The van der Waals surface area contributed by atoms with Gasteiger partial charge in [-0.3, -0.25) is 4.79 Å². The molecule has 88 valence electrons. The summed E-state index contributed by atoms with van der Waals surface area (Å²) in [4.78, 5) is 11.6. The quantitative estimate of drug-likeness (QED) is 0.765. The third-order valence-corrected chi connectivity index (χ3v) is 2.13. The van der Waals surface area contributed by atoms with Gasteiger partial charge in [0.05, 0.1) is 6.42 Å². The van der Waals surface area contributed by atoms with Gasteiger partial charge in [-0.2, -0.15) is 0 Å². The summed E-state index contributed by atoms with van der Waals surface area (Å²) in [5, 5.41) is 2.91. The summed E-state index contributed by atoms with van der Waals surface area (Å²) >= 11 is 0. The zero-order valence-electron chi connectivity index (χ0n) is 10.2. The topological polar surface area (TPSA) is 55.1 Å². The van der Waals surface area contributed by atoms with Gasteiger partial charge in [-0.25, -0.2) is 0 Å². The molecule has 3 heteroatoms. The number of rotatable bonds is 3. The fourth-order valence-corrected chi connectivity index (χ4v) is 1.31. The van der Waals surface area contributed by atoms with Crippen LogP contribution in [0.4, 0.5) is 5.69 Å². The van der Waals surface area contributed by atoms with Gasteiger partial charge in [-0.05, 0) is 23.1 Å². The minimum Gasteiger partial charge on any atom is -0.399 e. The number of anilines is 1. The number of nitrogens with one attached hydrogen (secondary N) is 1. The maximum atomic E-state index is 11.6. The first kappa shape index (κ1) is 12.6. The molecular weight excluding hydrogens is 200 g/mol. The van der Waals surface area contributed by atoms with Gasteiger partial charge in [0.15, 0.2) is 0 Å². The second-order valence-corrected chi connectivity index (χ2v) is 5.26. The maximum absolute atomic E-state index is 11.6. The average Bonchev–Trinajstić information content (AvgIpc) is 2.14. The molecule has 1 aromatic rings. The molecule has 16 heavy (non-hydrogen) atoms. The summed E-state index contributed by atoms with van der Waals surface area (Å²) in [5.41, 5.74) is 7.41. The number of carbonyl (C=O) groups is 1. The van der Waals surface area contributed by atoms with Crippen molar-refractivity contribution in [1.29, 1.82) is 0 Å². The normalized spacial score (nSPS) is 11.2. The summed E-state index contributed by atoms with van der Waals surface area (Å²) in [6.07, 6.45) is 0.390. The lowest BCUT2D eigenvalue weighted by atomic mass is 9.97. The number of amides is 1. The largest absolute Gasteiger partial charge is 0.399 e. The summed E-state index contributed by atoms with van der Waals surface area (Å²) in [5.74, 6) is 0.0422. The number of carbonyl (C=O) groups excluding carboxylic acids is 1. The van der Waals surface area contributed by atoms with Crippen LogP contribution in [0.25, 0.3) is 0 Å². The smallest absolute Gasteiger partial charge is 0.224 e. The van der Waals surface area contributed by atoms with E-state index in [1.54, 1.807) is 0 Å². The van der Waals surface area contributed by atoms with Gasteiger partial charge in [0.1, 0.15) is 0 Å². The molecule has 0 radical (unpaired) electrons. The van der Waals surface area contributed by atoms with Crippen LogP contribution in [0, 0.1) is 5.41 Å². The highest BCUT2D eigenvalue weighted by Gasteiger charge is 2.11. The fourth-order valence-electron chi connectivity index (χ4n) is 1.31. The van der Waals surface area contributed by atoms with Crippen molar-refractivity contribution in [1.82, 2.24) is 5.32 Å². The van der Waals surface area contributed by atoms with E-state index in [4.69, 9.17) is 5.73 Å². The van der Waals surface area contributed by atoms with E-state index in [1.165, 1.54) is 0 Å². The van der Waals surface area contributed by atoms with Crippen molar-refractivity contribution in [3.8, 4) is 0 Å². The Balaban J connectivity index is 2.46. The summed E-state index contributed by atoms with van der Waals surface area (Å²) in [7, 11) is 0. The van der Waals surface area contributed by atoms with E-state index in [9.17, 15) is 4.79 Å². The van der Waals surface area contributed by atoms with Crippen molar-refractivity contribution in [2.24, 2.45) is 5.41 Å². The van der Waals surface area contributed by atoms with E-state index in [1.807, 2.05) is 24.3 Å². The Morgan fingerprint density at radius 3 is 2.62 bits per heavy atom. The monoisotopic (exact) mass is 220 g/mol. The van der Waals surface area contributed by atoms with Crippen LogP contribution in [0.2, 0.25) is 0 Å². The van der Waals surface area contributed by atoms with Crippen LogP contribution in [0.1, 0.15) is 26.3 Å². The van der Waals surface area contributed by atoms with Crippen molar-refractivity contribution >= 4 is 11.6 Å². The van der Waals surface area contributed by atoms with Gasteiger partial charge in [-0.1, -0.05) is 32.9 Å². The number of nitrogens with two attached hydrogens (primary N) is 1. The molecule has 1 amide bonds. The van der Waals surface area contributed by atoms with E-state index in [0.29, 0.717) is 18.7 Å². The molecule has 0 saturated heterocycles. The van der Waals surface area contributed by atoms with Crippen LogP contribution in [0.5, 0.6) is 0 Å². The molecule has 0 fully saturated rings. The Bertz CT molecular complexity index is 366. The van der Waals surface area contributed by atoms with E-state index in [2.05, 4.69) is 26.1 Å². The molecule has 0 heterocycles. The first-order valence-electron chi connectivity index (χ1n) is 5.48. The van der Waals surface area contributed by atoms with Gasteiger partial charge >= 0.3 is 0 Å². The lowest BCUT2D eigenvalue weighted by molar-refractivity contribution is -0.120. The van der Waals surface area contributed by atoms with Gasteiger partial charge in [0, 0.05) is 12.2 Å². The zero-order chi connectivity index (χ0) is 12.2. The Morgan fingerprint density at radius 1 is 1.38 bits per heavy atom. The number of hydrogen-bond donors (Lipinski definition) is 2. The van der Waals surface area contributed by atoms with Crippen molar-refractivity contribution in [2.45, 2.75) is 27.2 Å². The van der Waals surface area contributed by atoms with Crippen LogP contribution in [-0.4, -0.2) is 12.5 Å². The summed E-state index contributed by atoms with van der Waals surface area (Å²) < 4.78 is 0. The second kappa shape index (κ2) is 5.01. The second-order valence-electron chi connectivity index (χ2n) is 5.26. The average molecular weight is 220 g/mol. The first-order valence-corrected chi connectivity index (χ1v) is 5.48. The van der Waals surface area contributed by atoms with Crippen LogP contribution in [0.15, 0.2) is 24.3 Å². The van der Waals surface area contributed by atoms with Gasteiger partial charge < -0.3 is 11.1 Å². The first-order chi connectivity index (χ1) is 7.37. The molecule has 0 aromatic heterocycles. The molecule has 0 aliphatic heterocycles. The maximum Gasteiger partial charge on any atom is 0.224 e. The summed E-state index contributed by atoms with van der Waals surface area (Å²) in [6.45, 7) is 6.96. The minimum atomic E-state index is 0.0422. The van der Waals surface area contributed by atoms with Gasteiger partial charge in [0.2, 0.25) is 5.91 Å². The molecule has 0 bridgehead atoms. The fraction of sp³-hybridized carbons (Fsp3) is 0.462. The molecule has 0 aliphatic rings.